The van der Waals surface area contributed by atoms with Gasteiger partial charge in [0.25, 0.3) is 5.91 Å². The number of para-hydroxylation sites is 1. The van der Waals surface area contributed by atoms with Gasteiger partial charge in [-0.2, -0.15) is 0 Å². The highest BCUT2D eigenvalue weighted by Gasteiger charge is 2.21. The Hall–Kier alpha value is -2.67. The average molecular weight is 367 g/mol. The fraction of sp³-hybridized carbons (Fsp3) is 0.450. The van der Waals surface area contributed by atoms with Gasteiger partial charge in [-0.1, -0.05) is 18.2 Å². The van der Waals surface area contributed by atoms with Gasteiger partial charge in [0.1, 0.15) is 17.8 Å². The normalized spacial score (nSPS) is 19.9. The molecule has 1 aromatic heterocycles. The van der Waals surface area contributed by atoms with Gasteiger partial charge in [-0.3, -0.25) is 4.79 Å². The predicted octanol–water partition coefficient (Wildman–Crippen LogP) is 1.71. The molecule has 1 unspecified atom stereocenters. The predicted molar refractivity (Wildman–Crippen MR) is 104 cm³/mol. The number of hydrogen-bond donors (Lipinski definition) is 1. The summed E-state index contributed by atoms with van der Waals surface area (Å²) >= 11 is 0. The van der Waals surface area contributed by atoms with Crippen LogP contribution in [-0.2, 0) is 4.74 Å². The maximum Gasteiger partial charge on any atom is 0.270 e. The van der Waals surface area contributed by atoms with E-state index in [4.69, 9.17) is 4.74 Å². The third-order valence-corrected chi connectivity index (χ3v) is 5.12. The Morgan fingerprint density at radius 1 is 1.11 bits per heavy atom. The Kier molecular flexibility index (Phi) is 5.48. The standard InChI is InChI=1S/C20H25N5O2/c26-20(21-14-17-7-4-12-27-17)18-13-19(23-15-22-18)25-10-8-24(9-11-25)16-5-2-1-3-6-16/h1-3,5-6,13,15,17H,4,7-12,14H2,(H,21,26). The van der Waals surface area contributed by atoms with E-state index in [2.05, 4.69) is 49.4 Å². The molecule has 2 aliphatic heterocycles. The highest BCUT2D eigenvalue weighted by molar-refractivity contribution is 5.92. The maximum absolute atomic E-state index is 12.4. The lowest BCUT2D eigenvalue weighted by molar-refractivity contribution is 0.0853. The molecule has 7 nitrogen and oxygen atoms in total. The van der Waals surface area contributed by atoms with Crippen LogP contribution < -0.4 is 15.1 Å². The lowest BCUT2D eigenvalue weighted by Crippen LogP contribution is -2.47. The molecule has 0 saturated carbocycles. The first-order chi connectivity index (χ1) is 13.3. The van der Waals surface area contributed by atoms with Crippen molar-refractivity contribution in [1.82, 2.24) is 15.3 Å². The number of amides is 1. The van der Waals surface area contributed by atoms with Crippen molar-refractivity contribution in [1.29, 1.82) is 0 Å². The van der Waals surface area contributed by atoms with E-state index in [1.165, 1.54) is 12.0 Å². The van der Waals surface area contributed by atoms with Crippen LogP contribution in [0.4, 0.5) is 11.5 Å². The molecule has 1 atom stereocenters. The van der Waals surface area contributed by atoms with Crippen LogP contribution in [0.5, 0.6) is 0 Å². The molecule has 1 N–H and O–H groups in total. The third kappa shape index (κ3) is 4.36. The van der Waals surface area contributed by atoms with Crippen molar-refractivity contribution in [3.05, 3.63) is 48.4 Å². The third-order valence-electron chi connectivity index (χ3n) is 5.12. The number of piperazine rings is 1. The van der Waals surface area contributed by atoms with Crippen LogP contribution in [0.1, 0.15) is 23.3 Å². The van der Waals surface area contributed by atoms with Crippen LogP contribution in [0.3, 0.4) is 0 Å². The molecule has 27 heavy (non-hydrogen) atoms. The molecule has 2 aliphatic rings. The van der Waals surface area contributed by atoms with Gasteiger partial charge in [-0.15, -0.1) is 0 Å². The van der Waals surface area contributed by atoms with E-state index in [-0.39, 0.29) is 12.0 Å². The number of carbonyl (C=O) groups is 1. The van der Waals surface area contributed by atoms with E-state index < -0.39 is 0 Å². The number of nitrogens with zero attached hydrogens (tertiary/aromatic N) is 4. The van der Waals surface area contributed by atoms with Crippen molar-refractivity contribution >= 4 is 17.4 Å². The van der Waals surface area contributed by atoms with E-state index in [1.54, 1.807) is 6.07 Å². The van der Waals surface area contributed by atoms with Crippen LogP contribution in [0.15, 0.2) is 42.7 Å². The molecule has 2 aromatic rings. The Morgan fingerprint density at radius 2 is 1.89 bits per heavy atom. The summed E-state index contributed by atoms with van der Waals surface area (Å²) in [5.41, 5.74) is 1.65. The Labute approximate surface area is 159 Å². The second kappa shape index (κ2) is 8.35. The van der Waals surface area contributed by atoms with Gasteiger partial charge in [0.15, 0.2) is 0 Å². The van der Waals surface area contributed by atoms with Gasteiger partial charge in [-0.25, -0.2) is 9.97 Å². The first kappa shape index (κ1) is 17.7. The fourth-order valence-corrected chi connectivity index (χ4v) is 3.58. The number of benzene rings is 1. The van der Waals surface area contributed by atoms with Crippen LogP contribution in [0.25, 0.3) is 0 Å². The Bertz CT molecular complexity index is 756. The molecule has 0 aliphatic carbocycles. The largest absolute Gasteiger partial charge is 0.376 e. The van der Waals surface area contributed by atoms with Gasteiger partial charge < -0.3 is 19.9 Å². The molecule has 0 radical (unpaired) electrons. The van der Waals surface area contributed by atoms with Crippen molar-refractivity contribution < 1.29 is 9.53 Å². The molecule has 4 rings (SSSR count). The number of aromatic nitrogens is 2. The minimum absolute atomic E-state index is 0.126. The first-order valence-corrected chi connectivity index (χ1v) is 9.56. The molecule has 2 saturated heterocycles. The molecule has 0 spiro atoms. The van der Waals surface area contributed by atoms with Crippen molar-refractivity contribution in [2.45, 2.75) is 18.9 Å². The van der Waals surface area contributed by atoms with E-state index in [9.17, 15) is 4.79 Å². The van der Waals surface area contributed by atoms with Crippen LogP contribution in [-0.4, -0.2) is 61.3 Å². The summed E-state index contributed by atoms with van der Waals surface area (Å²) in [4.78, 5) is 25.5. The lowest BCUT2D eigenvalue weighted by Gasteiger charge is -2.36. The zero-order valence-corrected chi connectivity index (χ0v) is 15.4. The number of rotatable bonds is 5. The minimum atomic E-state index is -0.169. The number of carbonyl (C=O) groups excluding carboxylic acids is 1. The maximum atomic E-state index is 12.4. The zero-order valence-electron chi connectivity index (χ0n) is 15.4. The smallest absolute Gasteiger partial charge is 0.270 e. The highest BCUT2D eigenvalue weighted by Crippen LogP contribution is 2.19. The molecule has 1 aromatic carbocycles. The highest BCUT2D eigenvalue weighted by atomic mass is 16.5. The van der Waals surface area contributed by atoms with Crippen LogP contribution >= 0.6 is 0 Å². The van der Waals surface area contributed by atoms with Crippen molar-refractivity contribution in [2.75, 3.05) is 49.1 Å². The van der Waals surface area contributed by atoms with Crippen molar-refractivity contribution in [2.24, 2.45) is 0 Å². The molecule has 142 valence electrons. The number of anilines is 2. The summed E-state index contributed by atoms with van der Waals surface area (Å²) in [5.74, 6) is 0.636. The molecular weight excluding hydrogens is 342 g/mol. The Morgan fingerprint density at radius 3 is 2.63 bits per heavy atom. The van der Waals surface area contributed by atoms with Gasteiger partial charge in [0.2, 0.25) is 0 Å². The molecule has 3 heterocycles. The van der Waals surface area contributed by atoms with E-state index in [1.807, 2.05) is 6.07 Å². The molecule has 0 bridgehead atoms. The number of nitrogens with one attached hydrogen (secondary N) is 1. The monoisotopic (exact) mass is 367 g/mol. The SMILES string of the molecule is O=C(NCC1CCCO1)c1cc(N2CCN(c3ccccc3)CC2)ncn1. The van der Waals surface area contributed by atoms with E-state index >= 15 is 0 Å². The topological polar surface area (TPSA) is 70.6 Å². The van der Waals surface area contributed by atoms with E-state index in [0.717, 1.165) is 51.4 Å². The first-order valence-electron chi connectivity index (χ1n) is 9.56. The van der Waals surface area contributed by atoms with Crippen molar-refractivity contribution in [3.8, 4) is 0 Å². The quantitative estimate of drug-likeness (QED) is 0.868. The van der Waals surface area contributed by atoms with Crippen LogP contribution in [0.2, 0.25) is 0 Å². The molecule has 1 amide bonds. The second-order valence-electron chi connectivity index (χ2n) is 6.92. The number of hydrogen-bond acceptors (Lipinski definition) is 6. The fourth-order valence-electron chi connectivity index (χ4n) is 3.58. The van der Waals surface area contributed by atoms with Crippen LogP contribution in [0, 0.1) is 0 Å². The average Bonchev–Trinajstić information content (AvgIpc) is 3.27. The molecular formula is C20H25N5O2. The Balaban J connectivity index is 1.34. The number of ether oxygens (including phenoxy) is 1. The zero-order chi connectivity index (χ0) is 18.5. The van der Waals surface area contributed by atoms with E-state index in [0.29, 0.717) is 12.2 Å². The van der Waals surface area contributed by atoms with Gasteiger partial charge >= 0.3 is 0 Å². The van der Waals surface area contributed by atoms with Gasteiger partial charge in [0, 0.05) is 51.1 Å². The molecule has 2 fully saturated rings. The summed E-state index contributed by atoms with van der Waals surface area (Å²) < 4.78 is 5.54. The summed E-state index contributed by atoms with van der Waals surface area (Å²) in [7, 11) is 0. The summed E-state index contributed by atoms with van der Waals surface area (Å²) in [6.45, 7) is 4.90. The second-order valence-corrected chi connectivity index (χ2v) is 6.92. The summed E-state index contributed by atoms with van der Waals surface area (Å²) in [5, 5.41) is 2.92. The summed E-state index contributed by atoms with van der Waals surface area (Å²) in [6.07, 6.45) is 3.66. The van der Waals surface area contributed by atoms with Gasteiger partial charge in [-0.05, 0) is 25.0 Å². The summed E-state index contributed by atoms with van der Waals surface area (Å²) in [6, 6.07) is 12.2. The van der Waals surface area contributed by atoms with Crippen molar-refractivity contribution in [3.63, 3.8) is 0 Å². The van der Waals surface area contributed by atoms with Gasteiger partial charge in [0.05, 0.1) is 6.10 Å². The molecule has 7 heteroatoms. The lowest BCUT2D eigenvalue weighted by atomic mass is 10.2. The minimum Gasteiger partial charge on any atom is -0.376 e.